The van der Waals surface area contributed by atoms with Crippen LogP contribution < -0.4 is 4.74 Å². The fraction of sp³-hybridized carbons (Fsp3) is 0.500. The first-order valence-electron chi connectivity index (χ1n) is 6.56. The topological polar surface area (TPSA) is 65.0 Å². The zero-order valence-corrected chi connectivity index (χ0v) is 11.8. The number of benzene rings is 1. The van der Waals surface area contributed by atoms with Crippen molar-refractivity contribution in [2.75, 3.05) is 19.8 Å². The van der Waals surface area contributed by atoms with Crippen molar-refractivity contribution >= 4 is 17.6 Å². The van der Waals surface area contributed by atoms with E-state index >= 15 is 0 Å². The highest BCUT2D eigenvalue weighted by Gasteiger charge is 2.16. The Bertz CT molecular complexity index is 457. The number of hydrogen-bond acceptors (Lipinski definition) is 4. The highest BCUT2D eigenvalue weighted by molar-refractivity contribution is 6.32. The van der Waals surface area contributed by atoms with Gasteiger partial charge in [0.2, 0.25) is 0 Å². The standard InChI is InChI=1S/C14H17ClO5/c15-11-5-3-4-10(14(16)17)13(11)20-9-8-19-12-6-1-2-7-18-12/h3-5,12H,1-2,6-9H2,(H,16,17). The van der Waals surface area contributed by atoms with E-state index in [1.807, 2.05) is 0 Å². The highest BCUT2D eigenvalue weighted by Crippen LogP contribution is 2.28. The summed E-state index contributed by atoms with van der Waals surface area (Å²) in [6, 6.07) is 4.62. The normalized spacial score (nSPS) is 18.8. The Hall–Kier alpha value is -1.30. The van der Waals surface area contributed by atoms with Gasteiger partial charge in [0.05, 0.1) is 11.6 Å². The van der Waals surface area contributed by atoms with E-state index in [9.17, 15) is 4.79 Å². The Balaban J connectivity index is 1.83. The van der Waals surface area contributed by atoms with Gasteiger partial charge in [-0.3, -0.25) is 0 Å². The van der Waals surface area contributed by atoms with Crippen LogP contribution in [0.2, 0.25) is 5.02 Å². The first-order valence-corrected chi connectivity index (χ1v) is 6.94. The van der Waals surface area contributed by atoms with E-state index in [2.05, 4.69) is 0 Å². The van der Waals surface area contributed by atoms with Crippen molar-refractivity contribution in [1.29, 1.82) is 0 Å². The molecular weight excluding hydrogens is 284 g/mol. The molecule has 0 spiro atoms. The van der Waals surface area contributed by atoms with Gasteiger partial charge in [-0.1, -0.05) is 17.7 Å². The summed E-state index contributed by atoms with van der Waals surface area (Å²) in [5.74, 6) is -0.895. The number of hydrogen-bond donors (Lipinski definition) is 1. The van der Waals surface area contributed by atoms with Crippen molar-refractivity contribution in [3.63, 3.8) is 0 Å². The third-order valence-electron chi connectivity index (χ3n) is 2.97. The van der Waals surface area contributed by atoms with Crippen LogP contribution in [0.5, 0.6) is 5.75 Å². The van der Waals surface area contributed by atoms with Crippen LogP contribution in [0.4, 0.5) is 0 Å². The molecule has 2 rings (SSSR count). The Morgan fingerprint density at radius 1 is 1.40 bits per heavy atom. The molecule has 0 bridgehead atoms. The Labute approximate surface area is 122 Å². The summed E-state index contributed by atoms with van der Waals surface area (Å²) < 4.78 is 16.4. The predicted octanol–water partition coefficient (Wildman–Crippen LogP) is 2.96. The van der Waals surface area contributed by atoms with Gasteiger partial charge < -0.3 is 19.3 Å². The summed E-state index contributed by atoms with van der Waals surface area (Å²) in [4.78, 5) is 11.1. The molecule has 1 saturated heterocycles. The monoisotopic (exact) mass is 300 g/mol. The van der Waals surface area contributed by atoms with Crippen molar-refractivity contribution in [1.82, 2.24) is 0 Å². The van der Waals surface area contributed by atoms with Crippen molar-refractivity contribution in [3.8, 4) is 5.75 Å². The van der Waals surface area contributed by atoms with E-state index in [4.69, 9.17) is 30.9 Å². The van der Waals surface area contributed by atoms with Crippen LogP contribution in [0.3, 0.4) is 0 Å². The van der Waals surface area contributed by atoms with Crippen LogP contribution in [0.1, 0.15) is 29.6 Å². The van der Waals surface area contributed by atoms with E-state index in [0.717, 1.165) is 25.9 Å². The van der Waals surface area contributed by atoms with Crippen LogP contribution in [-0.4, -0.2) is 37.2 Å². The molecule has 1 heterocycles. The lowest BCUT2D eigenvalue weighted by molar-refractivity contribution is -0.165. The summed E-state index contributed by atoms with van der Waals surface area (Å²) in [6.45, 7) is 1.28. The molecule has 20 heavy (non-hydrogen) atoms. The van der Waals surface area contributed by atoms with Crippen LogP contribution in [0, 0.1) is 0 Å². The van der Waals surface area contributed by atoms with Gasteiger partial charge in [0.15, 0.2) is 12.0 Å². The quantitative estimate of drug-likeness (QED) is 0.818. The molecule has 0 saturated carbocycles. The number of aromatic carboxylic acids is 1. The smallest absolute Gasteiger partial charge is 0.339 e. The maximum atomic E-state index is 11.1. The lowest BCUT2D eigenvalue weighted by Gasteiger charge is -2.22. The molecule has 5 nitrogen and oxygen atoms in total. The average Bonchev–Trinajstić information content (AvgIpc) is 2.45. The molecule has 0 aromatic heterocycles. The zero-order valence-electron chi connectivity index (χ0n) is 11.0. The summed E-state index contributed by atoms with van der Waals surface area (Å²) in [5.41, 5.74) is 0.0476. The number of halogens is 1. The van der Waals surface area contributed by atoms with Crippen LogP contribution in [0.15, 0.2) is 18.2 Å². The van der Waals surface area contributed by atoms with Gasteiger partial charge in [-0.15, -0.1) is 0 Å². The van der Waals surface area contributed by atoms with Crippen molar-refractivity contribution in [3.05, 3.63) is 28.8 Å². The molecular formula is C14H17ClO5. The molecule has 1 aliphatic heterocycles. The van der Waals surface area contributed by atoms with E-state index in [0.29, 0.717) is 6.61 Å². The maximum absolute atomic E-state index is 11.1. The SMILES string of the molecule is O=C(O)c1cccc(Cl)c1OCCOC1CCCCO1. The minimum Gasteiger partial charge on any atom is -0.489 e. The van der Waals surface area contributed by atoms with E-state index in [1.54, 1.807) is 12.1 Å². The van der Waals surface area contributed by atoms with E-state index in [1.165, 1.54) is 6.07 Å². The molecule has 1 atom stereocenters. The first-order chi connectivity index (χ1) is 9.68. The van der Waals surface area contributed by atoms with Crippen molar-refractivity contribution in [2.45, 2.75) is 25.6 Å². The second-order valence-electron chi connectivity index (χ2n) is 4.44. The largest absolute Gasteiger partial charge is 0.489 e. The molecule has 110 valence electrons. The summed E-state index contributed by atoms with van der Waals surface area (Å²) >= 11 is 5.95. The number of para-hydroxylation sites is 1. The molecule has 0 radical (unpaired) electrons. The first kappa shape index (κ1) is 15.1. The molecule has 1 unspecified atom stereocenters. The molecule has 1 N–H and O–H groups in total. The second-order valence-corrected chi connectivity index (χ2v) is 4.84. The molecule has 1 aromatic rings. The third kappa shape index (κ3) is 4.10. The Kier molecular flexibility index (Phi) is 5.64. The Morgan fingerprint density at radius 3 is 2.95 bits per heavy atom. The number of carbonyl (C=O) groups is 1. The summed E-state index contributed by atoms with van der Waals surface area (Å²) in [7, 11) is 0. The van der Waals surface area contributed by atoms with Crippen molar-refractivity contribution in [2.24, 2.45) is 0 Å². The van der Waals surface area contributed by atoms with Gasteiger partial charge in [0, 0.05) is 6.61 Å². The van der Waals surface area contributed by atoms with Gasteiger partial charge in [0.1, 0.15) is 12.2 Å². The predicted molar refractivity (Wildman–Crippen MR) is 73.4 cm³/mol. The fourth-order valence-electron chi connectivity index (χ4n) is 1.99. The van der Waals surface area contributed by atoms with Crippen molar-refractivity contribution < 1.29 is 24.1 Å². The minimum atomic E-state index is -1.07. The van der Waals surface area contributed by atoms with Gasteiger partial charge in [-0.25, -0.2) is 4.79 Å². The van der Waals surface area contributed by atoms with E-state index < -0.39 is 5.97 Å². The molecule has 0 aliphatic carbocycles. The summed E-state index contributed by atoms with van der Waals surface area (Å²) in [6.07, 6.45) is 2.86. The third-order valence-corrected chi connectivity index (χ3v) is 3.27. The van der Waals surface area contributed by atoms with Gasteiger partial charge in [-0.05, 0) is 31.4 Å². The number of ether oxygens (including phenoxy) is 3. The molecule has 1 aliphatic rings. The fourth-order valence-corrected chi connectivity index (χ4v) is 2.22. The minimum absolute atomic E-state index is 0.0476. The second kappa shape index (κ2) is 7.47. The Morgan fingerprint density at radius 2 is 2.25 bits per heavy atom. The van der Waals surface area contributed by atoms with Gasteiger partial charge >= 0.3 is 5.97 Å². The van der Waals surface area contributed by atoms with Crippen LogP contribution in [0.25, 0.3) is 0 Å². The van der Waals surface area contributed by atoms with Gasteiger partial charge in [-0.2, -0.15) is 0 Å². The lowest BCUT2D eigenvalue weighted by Crippen LogP contribution is -2.24. The van der Waals surface area contributed by atoms with E-state index in [-0.39, 0.29) is 29.2 Å². The average molecular weight is 301 g/mol. The maximum Gasteiger partial charge on any atom is 0.339 e. The molecule has 0 amide bonds. The highest BCUT2D eigenvalue weighted by atomic mass is 35.5. The molecule has 1 fully saturated rings. The lowest BCUT2D eigenvalue weighted by atomic mass is 10.2. The number of carboxylic acid groups (broad SMARTS) is 1. The number of carboxylic acids is 1. The summed E-state index contributed by atoms with van der Waals surface area (Å²) in [5, 5.41) is 9.34. The van der Waals surface area contributed by atoms with Gasteiger partial charge in [0.25, 0.3) is 0 Å². The molecule has 1 aromatic carbocycles. The number of rotatable bonds is 6. The van der Waals surface area contributed by atoms with Crippen LogP contribution in [-0.2, 0) is 9.47 Å². The van der Waals surface area contributed by atoms with Crippen LogP contribution >= 0.6 is 11.6 Å². The zero-order chi connectivity index (χ0) is 14.4. The molecule has 6 heteroatoms.